The third-order valence-corrected chi connectivity index (χ3v) is 4.52. The second-order valence-electron chi connectivity index (χ2n) is 7.24. The van der Waals surface area contributed by atoms with E-state index in [0.29, 0.717) is 13.1 Å². The number of hydrogen-bond donors (Lipinski definition) is 1. The minimum Gasteiger partial charge on any atom is -0.444 e. The van der Waals surface area contributed by atoms with Gasteiger partial charge in [0.25, 0.3) is 0 Å². The van der Waals surface area contributed by atoms with Gasteiger partial charge in [0.1, 0.15) is 5.60 Å². The molecule has 24 heavy (non-hydrogen) atoms. The molecule has 5 nitrogen and oxygen atoms in total. The highest BCUT2D eigenvalue weighted by atomic mass is 79.9. The maximum absolute atomic E-state index is 12.6. The molecule has 0 saturated carbocycles. The van der Waals surface area contributed by atoms with Gasteiger partial charge in [0.2, 0.25) is 5.91 Å². The molecule has 2 rings (SSSR count). The number of nitrogens with zero attached hydrogens (tertiary/aromatic N) is 1. The predicted octanol–water partition coefficient (Wildman–Crippen LogP) is 4.34. The van der Waals surface area contributed by atoms with E-state index < -0.39 is 5.60 Å². The minimum atomic E-state index is -0.529. The quantitative estimate of drug-likeness (QED) is 0.808. The van der Waals surface area contributed by atoms with Crippen LogP contribution in [0.5, 0.6) is 0 Å². The van der Waals surface area contributed by atoms with E-state index in [-0.39, 0.29) is 17.9 Å². The van der Waals surface area contributed by atoms with Gasteiger partial charge in [-0.1, -0.05) is 6.07 Å². The molecule has 1 aliphatic rings. The maximum Gasteiger partial charge on any atom is 0.410 e. The number of rotatable bonds is 2. The number of nitrogens with one attached hydrogen (secondary N) is 1. The number of anilines is 1. The van der Waals surface area contributed by atoms with Gasteiger partial charge < -0.3 is 15.0 Å². The summed E-state index contributed by atoms with van der Waals surface area (Å²) < 4.78 is 6.25. The molecule has 1 saturated heterocycles. The Morgan fingerprint density at radius 2 is 2.04 bits per heavy atom. The Hall–Kier alpha value is -1.56. The first-order valence-electron chi connectivity index (χ1n) is 8.20. The number of carbonyl (C=O) groups is 2. The van der Waals surface area contributed by atoms with Crippen molar-refractivity contribution in [3.8, 4) is 0 Å². The van der Waals surface area contributed by atoms with Crippen molar-refractivity contribution in [2.75, 3.05) is 18.4 Å². The second kappa shape index (κ2) is 7.55. The van der Waals surface area contributed by atoms with Crippen molar-refractivity contribution >= 4 is 33.6 Å². The summed E-state index contributed by atoms with van der Waals surface area (Å²) in [6, 6.07) is 5.82. The molecule has 1 N–H and O–H groups in total. The number of halogens is 1. The monoisotopic (exact) mass is 396 g/mol. The molecule has 1 atom stereocenters. The van der Waals surface area contributed by atoms with Crippen LogP contribution in [0.15, 0.2) is 22.7 Å². The summed E-state index contributed by atoms with van der Waals surface area (Å²) >= 11 is 3.45. The molecule has 1 heterocycles. The molecular formula is C18H25BrN2O3. The third kappa shape index (κ3) is 5.23. The first-order chi connectivity index (χ1) is 11.2. The fourth-order valence-electron chi connectivity index (χ4n) is 2.65. The van der Waals surface area contributed by atoms with Crippen molar-refractivity contribution < 1.29 is 14.3 Å². The molecule has 0 aliphatic carbocycles. The second-order valence-corrected chi connectivity index (χ2v) is 8.09. The molecule has 132 valence electrons. The lowest BCUT2D eigenvalue weighted by molar-refractivity contribution is -0.121. The Morgan fingerprint density at radius 1 is 1.33 bits per heavy atom. The summed E-state index contributed by atoms with van der Waals surface area (Å²) in [6.07, 6.45) is 1.22. The Morgan fingerprint density at radius 3 is 2.71 bits per heavy atom. The Balaban J connectivity index is 2.00. The summed E-state index contributed by atoms with van der Waals surface area (Å²) in [5.41, 5.74) is 1.31. The van der Waals surface area contributed by atoms with Crippen molar-refractivity contribution in [2.45, 2.75) is 46.1 Å². The minimum absolute atomic E-state index is 0.0606. The summed E-state index contributed by atoms with van der Waals surface area (Å²) in [6.45, 7) is 8.53. The molecular weight excluding hydrogens is 372 g/mol. The van der Waals surface area contributed by atoms with Crippen molar-refractivity contribution in [3.05, 3.63) is 28.2 Å². The zero-order valence-corrected chi connectivity index (χ0v) is 16.3. The van der Waals surface area contributed by atoms with Gasteiger partial charge >= 0.3 is 6.09 Å². The van der Waals surface area contributed by atoms with Crippen LogP contribution in [0.1, 0.15) is 39.2 Å². The van der Waals surface area contributed by atoms with Crippen molar-refractivity contribution in [2.24, 2.45) is 5.92 Å². The fraction of sp³-hybridized carbons (Fsp3) is 0.556. The molecule has 0 radical (unpaired) electrons. The number of aryl methyl sites for hydroxylation is 1. The van der Waals surface area contributed by atoms with E-state index >= 15 is 0 Å². The van der Waals surface area contributed by atoms with E-state index in [9.17, 15) is 9.59 Å². The van der Waals surface area contributed by atoms with Crippen LogP contribution in [-0.2, 0) is 9.53 Å². The number of hydrogen-bond acceptors (Lipinski definition) is 3. The lowest BCUT2D eigenvalue weighted by Crippen LogP contribution is -2.45. The fourth-order valence-corrected chi connectivity index (χ4v) is 3.00. The largest absolute Gasteiger partial charge is 0.444 e. The Labute approximate surface area is 151 Å². The standard InChI is InChI=1S/C18H25BrN2O3/c1-12-7-8-14(19)15(10-12)20-16(22)13-6-5-9-21(11-13)17(23)24-18(2,3)4/h7-8,10,13H,5-6,9,11H2,1-4H3,(H,20,22). The van der Waals surface area contributed by atoms with E-state index in [1.807, 2.05) is 45.9 Å². The molecule has 1 aliphatic heterocycles. The van der Waals surface area contributed by atoms with Gasteiger partial charge in [0.15, 0.2) is 0 Å². The molecule has 1 unspecified atom stereocenters. The number of likely N-dealkylation sites (tertiary alicyclic amines) is 1. The van der Waals surface area contributed by atoms with Gasteiger partial charge in [0, 0.05) is 17.6 Å². The number of amides is 2. The summed E-state index contributed by atoms with van der Waals surface area (Å²) in [7, 11) is 0. The normalized spacial score (nSPS) is 18.2. The van der Waals surface area contributed by atoms with E-state index in [0.717, 1.165) is 28.6 Å². The highest BCUT2D eigenvalue weighted by molar-refractivity contribution is 9.10. The smallest absolute Gasteiger partial charge is 0.410 e. The van der Waals surface area contributed by atoms with Crippen molar-refractivity contribution in [1.29, 1.82) is 0 Å². The van der Waals surface area contributed by atoms with Gasteiger partial charge in [-0.3, -0.25) is 4.79 Å². The lowest BCUT2D eigenvalue weighted by atomic mass is 9.97. The summed E-state index contributed by atoms with van der Waals surface area (Å²) in [4.78, 5) is 26.4. The van der Waals surface area contributed by atoms with E-state index in [1.165, 1.54) is 0 Å². The van der Waals surface area contributed by atoms with E-state index in [4.69, 9.17) is 4.74 Å². The average molecular weight is 397 g/mol. The molecule has 0 spiro atoms. The number of ether oxygens (including phenoxy) is 1. The molecule has 1 aromatic carbocycles. The van der Waals surface area contributed by atoms with Crippen LogP contribution < -0.4 is 5.32 Å². The molecule has 0 aromatic heterocycles. The molecule has 6 heteroatoms. The van der Waals surface area contributed by atoms with Crippen LogP contribution in [0.4, 0.5) is 10.5 Å². The summed E-state index contributed by atoms with van der Waals surface area (Å²) in [5.74, 6) is -0.284. The highest BCUT2D eigenvalue weighted by Crippen LogP contribution is 2.26. The lowest BCUT2D eigenvalue weighted by Gasteiger charge is -2.33. The molecule has 0 bridgehead atoms. The highest BCUT2D eigenvalue weighted by Gasteiger charge is 2.31. The first kappa shape index (κ1) is 18.8. The SMILES string of the molecule is Cc1ccc(Br)c(NC(=O)C2CCCN(C(=O)OC(C)(C)C)C2)c1. The van der Waals surface area contributed by atoms with Crippen LogP contribution in [0.2, 0.25) is 0 Å². The zero-order chi connectivity index (χ0) is 17.9. The Bertz CT molecular complexity index is 625. The zero-order valence-electron chi connectivity index (χ0n) is 14.7. The van der Waals surface area contributed by atoms with Crippen LogP contribution in [0.3, 0.4) is 0 Å². The van der Waals surface area contributed by atoms with Gasteiger partial charge in [-0.15, -0.1) is 0 Å². The summed E-state index contributed by atoms with van der Waals surface area (Å²) in [5, 5.41) is 2.96. The number of carbonyl (C=O) groups excluding carboxylic acids is 2. The number of benzene rings is 1. The van der Waals surface area contributed by atoms with Gasteiger partial charge in [-0.2, -0.15) is 0 Å². The van der Waals surface area contributed by atoms with Gasteiger partial charge in [-0.25, -0.2) is 4.79 Å². The van der Waals surface area contributed by atoms with Crippen molar-refractivity contribution in [1.82, 2.24) is 4.90 Å². The van der Waals surface area contributed by atoms with Crippen LogP contribution >= 0.6 is 15.9 Å². The Kier molecular flexibility index (Phi) is 5.91. The van der Waals surface area contributed by atoms with Crippen molar-refractivity contribution in [3.63, 3.8) is 0 Å². The molecule has 2 amide bonds. The molecule has 1 fully saturated rings. The van der Waals surface area contributed by atoms with E-state index in [1.54, 1.807) is 4.90 Å². The predicted molar refractivity (Wildman–Crippen MR) is 98.0 cm³/mol. The topological polar surface area (TPSA) is 58.6 Å². The van der Waals surface area contributed by atoms with E-state index in [2.05, 4.69) is 21.2 Å². The first-order valence-corrected chi connectivity index (χ1v) is 9.00. The van der Waals surface area contributed by atoms with Crippen LogP contribution in [0, 0.1) is 12.8 Å². The van der Waals surface area contributed by atoms with Crippen LogP contribution in [0.25, 0.3) is 0 Å². The molecule has 1 aromatic rings. The van der Waals surface area contributed by atoms with Gasteiger partial charge in [-0.05, 0) is 74.2 Å². The number of piperidine rings is 1. The maximum atomic E-state index is 12.6. The average Bonchev–Trinajstić information content (AvgIpc) is 2.49. The van der Waals surface area contributed by atoms with Gasteiger partial charge in [0.05, 0.1) is 11.6 Å². The van der Waals surface area contributed by atoms with Crippen LogP contribution in [-0.4, -0.2) is 35.6 Å². The third-order valence-electron chi connectivity index (χ3n) is 3.82.